The van der Waals surface area contributed by atoms with Gasteiger partial charge in [0.25, 0.3) is 0 Å². The molecule has 0 fully saturated rings. The van der Waals surface area contributed by atoms with Gasteiger partial charge < -0.3 is 9.52 Å². The smallest absolute Gasteiger partial charge is 0.199 e. The van der Waals surface area contributed by atoms with Gasteiger partial charge in [-0.15, -0.1) is 0 Å². The molecule has 0 unspecified atom stereocenters. The molecule has 4 heteroatoms. The van der Waals surface area contributed by atoms with Gasteiger partial charge in [-0.25, -0.2) is 4.98 Å². The molecule has 0 amide bonds. The Hall–Kier alpha value is -1.81. The van der Waals surface area contributed by atoms with Crippen molar-refractivity contribution in [3.63, 3.8) is 0 Å². The Labute approximate surface area is 112 Å². The second kappa shape index (κ2) is 4.46. The summed E-state index contributed by atoms with van der Waals surface area (Å²) in [6.07, 6.45) is 0.618. The van der Waals surface area contributed by atoms with E-state index in [9.17, 15) is 5.11 Å². The van der Waals surface area contributed by atoms with E-state index in [0.29, 0.717) is 12.3 Å². The van der Waals surface area contributed by atoms with E-state index in [2.05, 4.69) is 20.9 Å². The average molecular weight is 304 g/mol. The van der Waals surface area contributed by atoms with Gasteiger partial charge in [-0.3, -0.25) is 0 Å². The van der Waals surface area contributed by atoms with Gasteiger partial charge in [0.2, 0.25) is 0 Å². The molecular weight excluding hydrogens is 294 g/mol. The van der Waals surface area contributed by atoms with Crippen LogP contribution in [-0.4, -0.2) is 10.1 Å². The van der Waals surface area contributed by atoms with Crippen LogP contribution in [0.25, 0.3) is 11.1 Å². The second-order valence-electron chi connectivity index (χ2n) is 4.06. The summed E-state index contributed by atoms with van der Waals surface area (Å²) >= 11 is 3.40. The first-order valence-corrected chi connectivity index (χ1v) is 6.33. The number of aromatic hydroxyl groups is 1. The summed E-state index contributed by atoms with van der Waals surface area (Å²) in [6.45, 7) is 0. The third kappa shape index (κ3) is 2.24. The van der Waals surface area contributed by atoms with Crippen molar-refractivity contribution in [2.75, 3.05) is 0 Å². The Balaban J connectivity index is 1.92. The van der Waals surface area contributed by atoms with Crippen molar-refractivity contribution < 1.29 is 9.52 Å². The first-order valence-electron chi connectivity index (χ1n) is 5.53. The van der Waals surface area contributed by atoms with E-state index in [0.717, 1.165) is 21.1 Å². The van der Waals surface area contributed by atoms with Gasteiger partial charge in [0.15, 0.2) is 11.5 Å². The van der Waals surface area contributed by atoms with E-state index < -0.39 is 0 Å². The normalized spacial score (nSPS) is 10.9. The maximum absolute atomic E-state index is 9.22. The Bertz CT molecular complexity index is 689. The van der Waals surface area contributed by atoms with Crippen LogP contribution >= 0.6 is 15.9 Å². The summed E-state index contributed by atoms with van der Waals surface area (Å²) in [5.41, 5.74) is 2.68. The highest BCUT2D eigenvalue weighted by Crippen LogP contribution is 2.22. The first-order chi connectivity index (χ1) is 8.70. The van der Waals surface area contributed by atoms with Gasteiger partial charge in [-0.1, -0.05) is 28.1 Å². The molecule has 1 aromatic heterocycles. The molecule has 0 aliphatic rings. The number of phenols is 1. The van der Waals surface area contributed by atoms with E-state index in [1.165, 1.54) is 0 Å². The lowest BCUT2D eigenvalue weighted by Crippen LogP contribution is -1.86. The fraction of sp³-hybridized carbons (Fsp3) is 0.0714. The van der Waals surface area contributed by atoms with Crippen LogP contribution in [0.15, 0.2) is 51.4 Å². The molecule has 3 aromatic rings. The van der Waals surface area contributed by atoms with Crippen LogP contribution in [0, 0.1) is 0 Å². The molecule has 3 rings (SSSR count). The third-order valence-corrected chi connectivity index (χ3v) is 3.18. The highest BCUT2D eigenvalue weighted by Gasteiger charge is 2.06. The van der Waals surface area contributed by atoms with Crippen molar-refractivity contribution >= 4 is 27.0 Å². The molecule has 18 heavy (non-hydrogen) atoms. The average Bonchev–Trinajstić information content (AvgIpc) is 2.73. The number of hydrogen-bond acceptors (Lipinski definition) is 3. The molecule has 3 nitrogen and oxygen atoms in total. The van der Waals surface area contributed by atoms with E-state index >= 15 is 0 Å². The summed E-state index contributed by atoms with van der Waals surface area (Å²) in [4.78, 5) is 4.42. The summed E-state index contributed by atoms with van der Waals surface area (Å²) in [7, 11) is 0. The zero-order chi connectivity index (χ0) is 12.5. The van der Waals surface area contributed by atoms with Gasteiger partial charge in [-0.2, -0.15) is 0 Å². The molecule has 0 aliphatic heterocycles. The molecule has 90 valence electrons. The molecule has 2 aromatic carbocycles. The number of phenolic OH excluding ortho intramolecular Hbond substituents is 1. The fourth-order valence-electron chi connectivity index (χ4n) is 1.81. The van der Waals surface area contributed by atoms with Crippen LogP contribution in [-0.2, 0) is 6.42 Å². The monoisotopic (exact) mass is 303 g/mol. The van der Waals surface area contributed by atoms with Crippen molar-refractivity contribution in [1.29, 1.82) is 0 Å². The number of oxazole rings is 1. The van der Waals surface area contributed by atoms with Gasteiger partial charge in [0.1, 0.15) is 11.3 Å². The van der Waals surface area contributed by atoms with E-state index in [1.807, 2.05) is 30.3 Å². The van der Waals surface area contributed by atoms with Gasteiger partial charge in [-0.05, 0) is 35.9 Å². The topological polar surface area (TPSA) is 46.3 Å². The largest absolute Gasteiger partial charge is 0.508 e. The molecule has 1 N–H and O–H groups in total. The Morgan fingerprint density at radius 3 is 2.67 bits per heavy atom. The predicted octanol–water partition coefficient (Wildman–Crippen LogP) is 3.89. The van der Waals surface area contributed by atoms with Crippen LogP contribution in [0.1, 0.15) is 11.5 Å². The Kier molecular flexibility index (Phi) is 2.80. The van der Waals surface area contributed by atoms with E-state index in [-0.39, 0.29) is 5.75 Å². The molecule has 0 saturated carbocycles. The van der Waals surface area contributed by atoms with Crippen LogP contribution in [0.5, 0.6) is 5.75 Å². The van der Waals surface area contributed by atoms with Crippen molar-refractivity contribution in [3.05, 3.63) is 58.4 Å². The van der Waals surface area contributed by atoms with Crippen LogP contribution in [0.4, 0.5) is 0 Å². The SMILES string of the molecule is Oc1ccc(Cc2nc3ccc(Br)cc3o2)cc1. The summed E-state index contributed by atoms with van der Waals surface area (Å²) in [5, 5.41) is 9.22. The van der Waals surface area contributed by atoms with Crippen LogP contribution < -0.4 is 0 Å². The third-order valence-electron chi connectivity index (χ3n) is 2.69. The molecule has 0 aliphatic carbocycles. The van der Waals surface area contributed by atoms with Gasteiger partial charge in [0.05, 0.1) is 0 Å². The van der Waals surface area contributed by atoms with Gasteiger partial charge in [0, 0.05) is 10.9 Å². The zero-order valence-electron chi connectivity index (χ0n) is 9.43. The van der Waals surface area contributed by atoms with Crippen molar-refractivity contribution in [2.24, 2.45) is 0 Å². The Morgan fingerprint density at radius 1 is 1.11 bits per heavy atom. The van der Waals surface area contributed by atoms with Crippen LogP contribution in [0.3, 0.4) is 0 Å². The first kappa shape index (κ1) is 11.3. The molecular formula is C14H10BrNO2. The standard InChI is InChI=1S/C14H10BrNO2/c15-10-3-6-12-13(8-10)18-14(16-12)7-9-1-4-11(17)5-2-9/h1-6,8,17H,7H2. The number of benzene rings is 2. The van der Waals surface area contributed by atoms with Crippen LogP contribution in [0.2, 0.25) is 0 Å². The number of hydrogen-bond donors (Lipinski definition) is 1. The maximum atomic E-state index is 9.22. The summed E-state index contributed by atoms with van der Waals surface area (Å²) < 4.78 is 6.65. The van der Waals surface area contributed by atoms with Gasteiger partial charge >= 0.3 is 0 Å². The molecule has 1 heterocycles. The number of halogens is 1. The summed E-state index contributed by atoms with van der Waals surface area (Å²) in [6, 6.07) is 12.8. The Morgan fingerprint density at radius 2 is 1.89 bits per heavy atom. The molecule has 0 atom stereocenters. The van der Waals surface area contributed by atoms with Crippen molar-refractivity contribution in [2.45, 2.75) is 6.42 Å². The zero-order valence-corrected chi connectivity index (χ0v) is 11.0. The second-order valence-corrected chi connectivity index (χ2v) is 4.98. The maximum Gasteiger partial charge on any atom is 0.199 e. The number of aromatic nitrogens is 1. The van der Waals surface area contributed by atoms with E-state index in [1.54, 1.807) is 12.1 Å². The fourth-order valence-corrected chi connectivity index (χ4v) is 2.15. The highest BCUT2D eigenvalue weighted by atomic mass is 79.9. The molecule has 0 spiro atoms. The van der Waals surface area contributed by atoms with Crippen molar-refractivity contribution in [3.8, 4) is 5.75 Å². The van der Waals surface area contributed by atoms with Crippen molar-refractivity contribution in [1.82, 2.24) is 4.98 Å². The minimum absolute atomic E-state index is 0.264. The molecule has 0 saturated heterocycles. The lowest BCUT2D eigenvalue weighted by Gasteiger charge is -1.97. The van der Waals surface area contributed by atoms with E-state index in [4.69, 9.17) is 4.42 Å². The summed E-state index contributed by atoms with van der Waals surface area (Å²) in [5.74, 6) is 0.939. The highest BCUT2D eigenvalue weighted by molar-refractivity contribution is 9.10. The quantitative estimate of drug-likeness (QED) is 0.781. The number of nitrogens with zero attached hydrogens (tertiary/aromatic N) is 1. The predicted molar refractivity (Wildman–Crippen MR) is 72.6 cm³/mol. The minimum Gasteiger partial charge on any atom is -0.508 e. The lowest BCUT2D eigenvalue weighted by atomic mass is 10.1. The minimum atomic E-state index is 0.264. The number of rotatable bonds is 2. The molecule has 0 bridgehead atoms. The molecule has 0 radical (unpaired) electrons. The number of fused-ring (bicyclic) bond motifs is 1. The lowest BCUT2D eigenvalue weighted by molar-refractivity contribution is 0.475.